The van der Waals surface area contributed by atoms with Gasteiger partial charge in [0.1, 0.15) is 11.4 Å². The third-order valence-corrected chi connectivity index (χ3v) is 9.53. The average Bonchev–Trinajstić information content (AvgIpc) is 3.86. The monoisotopic (exact) mass is 716 g/mol. The van der Waals surface area contributed by atoms with E-state index in [4.69, 9.17) is 21.1 Å². The van der Waals surface area contributed by atoms with Crippen molar-refractivity contribution in [3.63, 3.8) is 0 Å². The lowest BCUT2D eigenvalue weighted by atomic mass is 9.95. The van der Waals surface area contributed by atoms with Crippen molar-refractivity contribution < 1.29 is 23.9 Å². The van der Waals surface area contributed by atoms with Gasteiger partial charge in [0, 0.05) is 68.1 Å². The maximum atomic E-state index is 13.9. The minimum absolute atomic E-state index is 0.0952. The number of nitrogens with zero attached hydrogens (tertiary/aromatic N) is 4. The summed E-state index contributed by atoms with van der Waals surface area (Å²) in [6.45, 7) is 12.6. The SMILES string of the molecule is CC(C)(C)OC(=O)N1CCN(C(=O)C(C)(C)Oc2cc(N3CCC[C@@H](C(=O)N(Cc4ccc(Br)cc4)C4CC4)C3)ccc2Cl)CC1. The number of rotatable bonds is 8. The second kappa shape index (κ2) is 14.0. The van der Waals surface area contributed by atoms with Gasteiger partial charge in [-0.2, -0.15) is 0 Å². The Morgan fingerprint density at radius 2 is 1.57 bits per heavy atom. The Kier molecular flexibility index (Phi) is 10.5. The molecule has 0 unspecified atom stereocenters. The highest BCUT2D eigenvalue weighted by Crippen LogP contribution is 2.36. The molecule has 0 bridgehead atoms. The second-order valence-corrected chi connectivity index (χ2v) is 15.4. The zero-order valence-electron chi connectivity index (χ0n) is 27.6. The van der Waals surface area contributed by atoms with Crippen LogP contribution in [0.3, 0.4) is 0 Å². The molecule has 2 aliphatic heterocycles. The van der Waals surface area contributed by atoms with Gasteiger partial charge in [-0.25, -0.2) is 4.79 Å². The number of piperazine rings is 1. The van der Waals surface area contributed by atoms with Crippen molar-refractivity contribution in [2.24, 2.45) is 5.92 Å². The fourth-order valence-electron chi connectivity index (χ4n) is 6.09. The number of amides is 3. The first kappa shape index (κ1) is 34.4. The first-order valence-corrected chi connectivity index (χ1v) is 17.4. The van der Waals surface area contributed by atoms with Crippen molar-refractivity contribution in [1.29, 1.82) is 0 Å². The van der Waals surface area contributed by atoms with Gasteiger partial charge in [-0.1, -0.05) is 39.7 Å². The van der Waals surface area contributed by atoms with E-state index in [0.717, 1.165) is 48.0 Å². The van der Waals surface area contributed by atoms with Crippen LogP contribution in [0.15, 0.2) is 46.9 Å². The highest BCUT2D eigenvalue weighted by atomic mass is 79.9. The van der Waals surface area contributed by atoms with E-state index in [1.807, 2.05) is 45.0 Å². The molecular weight excluding hydrogens is 672 g/mol. The Labute approximate surface area is 286 Å². The zero-order valence-corrected chi connectivity index (χ0v) is 29.9. The molecule has 3 fully saturated rings. The van der Waals surface area contributed by atoms with Gasteiger partial charge in [0.25, 0.3) is 5.91 Å². The van der Waals surface area contributed by atoms with E-state index in [1.54, 1.807) is 29.7 Å². The molecule has 0 radical (unpaired) electrons. The number of hydrogen-bond acceptors (Lipinski definition) is 6. The molecule has 11 heteroatoms. The number of carbonyl (C=O) groups excluding carboxylic acids is 3. The summed E-state index contributed by atoms with van der Waals surface area (Å²) in [6, 6.07) is 14.1. The molecule has 0 aromatic heterocycles. The molecule has 0 N–H and O–H groups in total. The van der Waals surface area contributed by atoms with Crippen LogP contribution in [0.25, 0.3) is 0 Å². The molecule has 1 saturated carbocycles. The maximum Gasteiger partial charge on any atom is 0.410 e. The second-order valence-electron chi connectivity index (χ2n) is 14.1. The minimum atomic E-state index is -1.19. The zero-order chi connectivity index (χ0) is 33.2. The highest BCUT2D eigenvalue weighted by molar-refractivity contribution is 9.10. The van der Waals surface area contributed by atoms with Crippen LogP contribution in [-0.4, -0.2) is 89.1 Å². The molecule has 46 heavy (non-hydrogen) atoms. The lowest BCUT2D eigenvalue weighted by Crippen LogP contribution is -2.57. The third kappa shape index (κ3) is 8.68. The molecule has 3 aliphatic rings. The molecular formula is C35H46BrClN4O5. The van der Waals surface area contributed by atoms with E-state index in [0.29, 0.717) is 56.1 Å². The maximum absolute atomic E-state index is 13.9. The van der Waals surface area contributed by atoms with E-state index in [2.05, 4.69) is 37.9 Å². The quantitative estimate of drug-likeness (QED) is 0.301. The van der Waals surface area contributed by atoms with Gasteiger partial charge >= 0.3 is 6.09 Å². The number of hydrogen-bond donors (Lipinski definition) is 0. The summed E-state index contributed by atoms with van der Waals surface area (Å²) in [5, 5.41) is 0.415. The van der Waals surface area contributed by atoms with Crippen LogP contribution in [0.1, 0.15) is 65.9 Å². The number of ether oxygens (including phenoxy) is 2. The fourth-order valence-corrected chi connectivity index (χ4v) is 6.51. The Bertz CT molecular complexity index is 1420. The van der Waals surface area contributed by atoms with Crippen LogP contribution >= 0.6 is 27.5 Å². The molecule has 2 saturated heterocycles. The topological polar surface area (TPSA) is 82.6 Å². The summed E-state index contributed by atoms with van der Waals surface area (Å²) >= 11 is 10.1. The smallest absolute Gasteiger partial charge is 0.410 e. The van der Waals surface area contributed by atoms with Gasteiger partial charge in [-0.15, -0.1) is 0 Å². The van der Waals surface area contributed by atoms with Crippen LogP contribution < -0.4 is 9.64 Å². The summed E-state index contributed by atoms with van der Waals surface area (Å²) in [4.78, 5) is 47.6. The predicted octanol–water partition coefficient (Wildman–Crippen LogP) is 6.75. The lowest BCUT2D eigenvalue weighted by Gasteiger charge is -2.39. The lowest BCUT2D eigenvalue weighted by molar-refractivity contribution is -0.147. The summed E-state index contributed by atoms with van der Waals surface area (Å²) in [5.41, 5.74) is 0.291. The van der Waals surface area contributed by atoms with E-state index >= 15 is 0 Å². The van der Waals surface area contributed by atoms with Gasteiger partial charge in [0.05, 0.1) is 10.9 Å². The van der Waals surface area contributed by atoms with E-state index < -0.39 is 11.2 Å². The van der Waals surface area contributed by atoms with Crippen molar-refractivity contribution in [2.75, 3.05) is 44.2 Å². The molecule has 9 nitrogen and oxygen atoms in total. The predicted molar refractivity (Wildman–Crippen MR) is 183 cm³/mol. The largest absolute Gasteiger partial charge is 0.476 e. The van der Waals surface area contributed by atoms with Crippen molar-refractivity contribution in [1.82, 2.24) is 14.7 Å². The first-order valence-electron chi connectivity index (χ1n) is 16.3. The Morgan fingerprint density at radius 3 is 2.20 bits per heavy atom. The van der Waals surface area contributed by atoms with Gasteiger partial charge in [0.2, 0.25) is 5.91 Å². The van der Waals surface area contributed by atoms with Crippen LogP contribution in [0, 0.1) is 5.92 Å². The Morgan fingerprint density at radius 1 is 0.913 bits per heavy atom. The summed E-state index contributed by atoms with van der Waals surface area (Å²) in [5.74, 6) is 0.377. The Hall–Kier alpha value is -2.98. The minimum Gasteiger partial charge on any atom is -0.476 e. The normalized spacial score (nSPS) is 19.1. The van der Waals surface area contributed by atoms with Crippen LogP contribution in [0.4, 0.5) is 10.5 Å². The molecule has 5 rings (SSSR count). The number of carbonyl (C=O) groups is 3. The van der Waals surface area contributed by atoms with E-state index in [9.17, 15) is 14.4 Å². The number of benzene rings is 2. The molecule has 2 aromatic rings. The van der Waals surface area contributed by atoms with Gasteiger partial charge in [0.15, 0.2) is 5.60 Å². The van der Waals surface area contributed by atoms with Crippen molar-refractivity contribution >= 4 is 51.1 Å². The molecule has 1 atom stereocenters. The number of anilines is 1. The fraction of sp³-hybridized carbons (Fsp3) is 0.571. The first-order chi connectivity index (χ1) is 21.7. The molecule has 250 valence electrons. The van der Waals surface area contributed by atoms with Crippen LogP contribution in [-0.2, 0) is 20.9 Å². The number of piperidine rings is 1. The van der Waals surface area contributed by atoms with Crippen LogP contribution in [0.5, 0.6) is 5.75 Å². The van der Waals surface area contributed by atoms with E-state index in [1.165, 1.54) is 0 Å². The Balaban J connectivity index is 1.21. The summed E-state index contributed by atoms with van der Waals surface area (Å²) in [6.07, 6.45) is 3.52. The summed E-state index contributed by atoms with van der Waals surface area (Å²) < 4.78 is 12.8. The van der Waals surface area contributed by atoms with Gasteiger partial charge < -0.3 is 29.1 Å². The van der Waals surface area contributed by atoms with Crippen molar-refractivity contribution in [3.8, 4) is 5.75 Å². The molecule has 2 aromatic carbocycles. The average molecular weight is 718 g/mol. The number of halogens is 2. The van der Waals surface area contributed by atoms with Gasteiger partial charge in [-0.05, 0) is 90.1 Å². The molecule has 0 spiro atoms. The molecule has 3 amide bonds. The molecule has 2 heterocycles. The molecule has 1 aliphatic carbocycles. The standard InChI is InChI=1S/C35H46BrClN4O5/c1-34(2,3)46-33(44)39-19-17-38(18-20-39)32(43)35(4,5)45-30-21-28(14-15-29(30)37)40-16-6-7-25(23-40)31(42)41(27-12-13-27)22-24-8-10-26(36)11-9-24/h8-11,14-15,21,25,27H,6-7,12-13,16-20,22-23H2,1-5H3/t25-/m1/s1. The van der Waals surface area contributed by atoms with Crippen molar-refractivity contribution in [2.45, 2.75) is 84.1 Å². The highest BCUT2D eigenvalue weighted by Gasteiger charge is 2.39. The van der Waals surface area contributed by atoms with Crippen molar-refractivity contribution in [3.05, 3.63) is 57.5 Å². The summed E-state index contributed by atoms with van der Waals surface area (Å²) in [7, 11) is 0. The van der Waals surface area contributed by atoms with E-state index in [-0.39, 0.29) is 23.8 Å². The third-order valence-electron chi connectivity index (χ3n) is 8.69. The van der Waals surface area contributed by atoms with Crippen LogP contribution in [0.2, 0.25) is 5.02 Å². The van der Waals surface area contributed by atoms with Gasteiger partial charge in [-0.3, -0.25) is 9.59 Å².